The molecular formula is C20H22BNO5. The van der Waals surface area contributed by atoms with Gasteiger partial charge in [0.2, 0.25) is 0 Å². The van der Waals surface area contributed by atoms with Gasteiger partial charge in [-0.1, -0.05) is 36.4 Å². The van der Waals surface area contributed by atoms with E-state index in [9.17, 15) is 14.8 Å². The van der Waals surface area contributed by atoms with Gasteiger partial charge < -0.3 is 19.5 Å². The molecule has 3 rings (SSSR count). The molecule has 140 valence electrons. The average Bonchev–Trinajstić information content (AvgIpc) is 3.00. The summed E-state index contributed by atoms with van der Waals surface area (Å²) in [7, 11) is -1.83. The predicted octanol–water partition coefficient (Wildman–Crippen LogP) is 2.68. The average molecular weight is 367 g/mol. The van der Waals surface area contributed by atoms with E-state index in [2.05, 4.69) is 0 Å². The second kappa shape index (κ2) is 7.46. The summed E-state index contributed by atoms with van der Waals surface area (Å²) in [6.07, 6.45) is -0.680. The lowest BCUT2D eigenvalue weighted by molar-refractivity contribution is 0.0547. The zero-order valence-corrected chi connectivity index (χ0v) is 15.5. The number of nitrogens with zero attached hydrogens (tertiary/aromatic N) is 1. The van der Waals surface area contributed by atoms with Crippen molar-refractivity contribution >= 4 is 29.7 Å². The van der Waals surface area contributed by atoms with Crippen LogP contribution in [0.5, 0.6) is 5.75 Å². The minimum absolute atomic E-state index is 0.0232. The molecule has 0 saturated carbocycles. The molecule has 3 aromatic rings. The molecule has 0 atom stereocenters. The minimum Gasteiger partial charge on any atom is -0.488 e. The molecule has 0 fully saturated rings. The number of rotatable bonds is 4. The van der Waals surface area contributed by atoms with Gasteiger partial charge in [-0.2, -0.15) is 0 Å². The third-order valence-corrected chi connectivity index (χ3v) is 3.91. The number of ether oxygens (including phenoxy) is 2. The molecule has 0 unspecified atom stereocenters. The van der Waals surface area contributed by atoms with Crippen molar-refractivity contribution in [1.29, 1.82) is 0 Å². The Morgan fingerprint density at radius 1 is 1.07 bits per heavy atom. The van der Waals surface area contributed by atoms with E-state index >= 15 is 0 Å². The first-order valence-corrected chi connectivity index (χ1v) is 8.67. The molecule has 0 spiro atoms. The highest BCUT2D eigenvalue weighted by Crippen LogP contribution is 2.27. The largest absolute Gasteiger partial charge is 0.506 e. The van der Waals surface area contributed by atoms with Crippen LogP contribution in [0.1, 0.15) is 26.3 Å². The van der Waals surface area contributed by atoms with Crippen molar-refractivity contribution in [3.05, 3.63) is 60.2 Å². The van der Waals surface area contributed by atoms with E-state index in [1.165, 1.54) is 10.6 Å². The van der Waals surface area contributed by atoms with Crippen molar-refractivity contribution in [2.24, 2.45) is 0 Å². The van der Waals surface area contributed by atoms with E-state index in [1.54, 1.807) is 39.0 Å². The van der Waals surface area contributed by atoms with Crippen LogP contribution in [0.15, 0.2) is 54.6 Å². The molecular weight excluding hydrogens is 345 g/mol. The summed E-state index contributed by atoms with van der Waals surface area (Å²) < 4.78 is 12.5. The number of carbonyl (C=O) groups excluding carboxylic acids is 1. The van der Waals surface area contributed by atoms with E-state index in [1.807, 2.05) is 30.3 Å². The van der Waals surface area contributed by atoms with Crippen LogP contribution in [-0.4, -0.2) is 33.4 Å². The van der Waals surface area contributed by atoms with Crippen molar-refractivity contribution in [2.45, 2.75) is 33.0 Å². The van der Waals surface area contributed by atoms with E-state index in [0.29, 0.717) is 23.3 Å². The fraction of sp³-hybridized carbons (Fsp3) is 0.250. The van der Waals surface area contributed by atoms with Crippen LogP contribution >= 0.6 is 0 Å². The summed E-state index contributed by atoms with van der Waals surface area (Å²) in [4.78, 5) is 12.6. The second-order valence-corrected chi connectivity index (χ2v) is 7.22. The van der Waals surface area contributed by atoms with Gasteiger partial charge in [0.1, 0.15) is 18.0 Å². The molecule has 7 heteroatoms. The van der Waals surface area contributed by atoms with Crippen molar-refractivity contribution in [3.8, 4) is 5.75 Å². The Labute approximate surface area is 158 Å². The monoisotopic (exact) mass is 367 g/mol. The maximum atomic E-state index is 12.6. The summed E-state index contributed by atoms with van der Waals surface area (Å²) in [5, 5.41) is 20.1. The Hall–Kier alpha value is -2.77. The SMILES string of the molecule is CC(C)(C)OC(=O)n1c(B(O)O)cc2c(OCc3ccccc3)cccc21. The Kier molecular flexibility index (Phi) is 5.25. The first kappa shape index (κ1) is 19.0. The first-order chi connectivity index (χ1) is 12.8. The third-order valence-electron chi connectivity index (χ3n) is 3.91. The molecule has 6 nitrogen and oxygen atoms in total. The fourth-order valence-electron chi connectivity index (χ4n) is 2.79. The molecule has 0 amide bonds. The maximum Gasteiger partial charge on any atom is 0.506 e. The van der Waals surface area contributed by atoms with Gasteiger partial charge >= 0.3 is 13.2 Å². The molecule has 0 aliphatic carbocycles. The molecule has 0 saturated heterocycles. The minimum atomic E-state index is -1.83. The number of hydrogen-bond donors (Lipinski definition) is 2. The lowest BCUT2D eigenvalue weighted by Gasteiger charge is -2.21. The molecule has 2 aromatic carbocycles. The second-order valence-electron chi connectivity index (χ2n) is 7.22. The molecule has 1 heterocycles. The lowest BCUT2D eigenvalue weighted by Crippen LogP contribution is -2.40. The standard InChI is InChI=1S/C20H22BNO5/c1-20(2,3)27-19(23)22-16-10-7-11-17(15(16)12-18(22)21(24)25)26-13-14-8-5-4-6-9-14/h4-12,24-25H,13H2,1-3H3. The smallest absolute Gasteiger partial charge is 0.488 e. The Morgan fingerprint density at radius 2 is 1.78 bits per heavy atom. The van der Waals surface area contributed by atoms with Gasteiger partial charge in [0.15, 0.2) is 0 Å². The lowest BCUT2D eigenvalue weighted by atomic mass is 9.86. The first-order valence-electron chi connectivity index (χ1n) is 8.67. The van der Waals surface area contributed by atoms with Gasteiger partial charge in [-0.3, -0.25) is 4.57 Å². The number of aromatic nitrogens is 1. The molecule has 0 aliphatic heterocycles. The zero-order valence-electron chi connectivity index (χ0n) is 15.5. The third kappa shape index (κ3) is 4.32. The molecule has 2 N–H and O–H groups in total. The van der Waals surface area contributed by atoms with E-state index < -0.39 is 18.8 Å². The summed E-state index contributed by atoms with van der Waals surface area (Å²) in [5.74, 6) is 0.542. The summed E-state index contributed by atoms with van der Waals surface area (Å²) in [5.41, 5.74) is 0.795. The van der Waals surface area contributed by atoms with Crippen LogP contribution in [0.25, 0.3) is 10.9 Å². The Morgan fingerprint density at radius 3 is 2.41 bits per heavy atom. The zero-order chi connectivity index (χ0) is 19.6. The van der Waals surface area contributed by atoms with Gasteiger partial charge in [0, 0.05) is 5.39 Å². The van der Waals surface area contributed by atoms with Crippen molar-refractivity contribution < 1.29 is 24.3 Å². The summed E-state index contributed by atoms with van der Waals surface area (Å²) >= 11 is 0. The van der Waals surface area contributed by atoms with Gasteiger partial charge in [-0.15, -0.1) is 0 Å². The predicted molar refractivity (Wildman–Crippen MR) is 104 cm³/mol. The van der Waals surface area contributed by atoms with Crippen LogP contribution < -0.4 is 10.3 Å². The normalized spacial score (nSPS) is 11.4. The van der Waals surface area contributed by atoms with Crippen LogP contribution in [0, 0.1) is 0 Å². The van der Waals surface area contributed by atoms with Gasteiger partial charge in [0.05, 0.1) is 11.1 Å². The number of fused-ring (bicyclic) bond motifs is 1. The highest BCUT2D eigenvalue weighted by atomic mass is 16.6. The Bertz CT molecular complexity index is 944. The Balaban J connectivity index is 2.01. The molecule has 1 aromatic heterocycles. The summed E-state index contributed by atoms with van der Waals surface area (Å²) in [6.45, 7) is 5.61. The fourth-order valence-corrected chi connectivity index (χ4v) is 2.79. The van der Waals surface area contributed by atoms with Crippen LogP contribution in [0.3, 0.4) is 0 Å². The van der Waals surface area contributed by atoms with E-state index in [4.69, 9.17) is 9.47 Å². The van der Waals surface area contributed by atoms with Crippen molar-refractivity contribution in [2.75, 3.05) is 0 Å². The van der Waals surface area contributed by atoms with Crippen LogP contribution in [-0.2, 0) is 11.3 Å². The topological polar surface area (TPSA) is 80.9 Å². The number of benzene rings is 2. The van der Waals surface area contributed by atoms with Gasteiger partial charge in [0.25, 0.3) is 0 Å². The highest BCUT2D eigenvalue weighted by Gasteiger charge is 2.28. The molecule has 0 radical (unpaired) electrons. The van der Waals surface area contributed by atoms with Gasteiger partial charge in [-0.05, 0) is 44.5 Å². The van der Waals surface area contributed by atoms with Crippen LogP contribution in [0.2, 0.25) is 0 Å². The molecule has 0 bridgehead atoms. The number of carbonyl (C=O) groups is 1. The summed E-state index contributed by atoms with van der Waals surface area (Å²) in [6, 6.07) is 16.5. The van der Waals surface area contributed by atoms with Gasteiger partial charge in [-0.25, -0.2) is 4.79 Å². The van der Waals surface area contributed by atoms with E-state index in [-0.39, 0.29) is 5.59 Å². The highest BCUT2D eigenvalue weighted by molar-refractivity contribution is 6.59. The van der Waals surface area contributed by atoms with Crippen molar-refractivity contribution in [1.82, 2.24) is 4.57 Å². The van der Waals surface area contributed by atoms with Crippen LogP contribution in [0.4, 0.5) is 4.79 Å². The quantitative estimate of drug-likeness (QED) is 0.693. The molecule has 0 aliphatic rings. The van der Waals surface area contributed by atoms with E-state index in [0.717, 1.165) is 5.56 Å². The number of hydrogen-bond acceptors (Lipinski definition) is 5. The maximum absolute atomic E-state index is 12.6. The van der Waals surface area contributed by atoms with Crippen molar-refractivity contribution in [3.63, 3.8) is 0 Å². The molecule has 27 heavy (non-hydrogen) atoms.